The van der Waals surface area contributed by atoms with E-state index in [1.54, 1.807) is 24.3 Å². The number of carbonyl (C=O) groups excluding carboxylic acids is 2. The van der Waals surface area contributed by atoms with Crippen LogP contribution < -0.4 is 5.69 Å². The van der Waals surface area contributed by atoms with Crippen LogP contribution in [0.25, 0.3) is 0 Å². The zero-order valence-electron chi connectivity index (χ0n) is 11.1. The van der Waals surface area contributed by atoms with Gasteiger partial charge >= 0.3 is 5.69 Å². The molecule has 1 aromatic carbocycles. The van der Waals surface area contributed by atoms with Gasteiger partial charge in [-0.1, -0.05) is 28.1 Å². The number of halogens is 1. The number of imidazole rings is 1. The van der Waals surface area contributed by atoms with Crippen molar-refractivity contribution in [2.45, 2.75) is 0 Å². The number of hydrogen-bond donors (Lipinski definition) is 2. The van der Waals surface area contributed by atoms with Crippen molar-refractivity contribution in [2.24, 2.45) is 5.10 Å². The van der Waals surface area contributed by atoms with Gasteiger partial charge in [-0.3, -0.25) is 19.5 Å². The smallest absolute Gasteiger partial charge is 0.349 e. The van der Waals surface area contributed by atoms with Crippen molar-refractivity contribution in [3.63, 3.8) is 0 Å². The number of nitrogens with one attached hydrogen (secondary N) is 1. The molecule has 0 aliphatic rings. The van der Waals surface area contributed by atoms with Crippen LogP contribution in [0.15, 0.2) is 44.8 Å². The van der Waals surface area contributed by atoms with Crippen LogP contribution in [0.4, 0.5) is 0 Å². The number of benzene rings is 1. The predicted octanol–water partition coefficient (Wildman–Crippen LogP) is 0.777. The summed E-state index contributed by atoms with van der Waals surface area (Å²) in [5.74, 6) is -0.638. The van der Waals surface area contributed by atoms with Crippen molar-refractivity contribution in [3.8, 4) is 5.88 Å². The molecular formula is C13H11BrN4O4. The molecule has 0 spiro atoms. The maximum absolute atomic E-state index is 12.0. The minimum atomic E-state index is -0.668. The standard InChI is InChI=1S/C13H11BrN4O4/c14-10-3-1-9(2-4-10)11(20)5-17(8-19)7-15-18-6-12(21)16-13(18)22/h1-4,6-8,21H,5H2,(H,16,22). The molecule has 1 amide bonds. The van der Waals surface area contributed by atoms with Crippen molar-refractivity contribution in [1.82, 2.24) is 14.6 Å². The molecule has 0 bridgehead atoms. The fraction of sp³-hybridized carbons (Fsp3) is 0.0769. The summed E-state index contributed by atoms with van der Waals surface area (Å²) >= 11 is 3.26. The lowest BCUT2D eigenvalue weighted by Gasteiger charge is -2.10. The second kappa shape index (κ2) is 6.85. The van der Waals surface area contributed by atoms with E-state index >= 15 is 0 Å². The Labute approximate surface area is 132 Å². The average Bonchev–Trinajstić information content (AvgIpc) is 2.81. The van der Waals surface area contributed by atoms with Gasteiger partial charge in [-0.25, -0.2) is 4.79 Å². The van der Waals surface area contributed by atoms with Crippen LogP contribution in [0.1, 0.15) is 10.4 Å². The van der Waals surface area contributed by atoms with Gasteiger partial charge in [0.05, 0.1) is 12.7 Å². The molecule has 8 nitrogen and oxygen atoms in total. The van der Waals surface area contributed by atoms with Crippen LogP contribution in [-0.2, 0) is 4.79 Å². The minimum absolute atomic E-state index is 0.222. The van der Waals surface area contributed by atoms with Gasteiger partial charge in [-0.05, 0) is 12.1 Å². The Balaban J connectivity index is 2.07. The maximum Gasteiger partial charge on any atom is 0.349 e. The summed E-state index contributed by atoms with van der Waals surface area (Å²) in [6.45, 7) is -0.222. The fourth-order valence-electron chi connectivity index (χ4n) is 1.58. The van der Waals surface area contributed by atoms with E-state index in [1.165, 1.54) is 0 Å². The van der Waals surface area contributed by atoms with Crippen LogP contribution in [0.3, 0.4) is 0 Å². The number of rotatable bonds is 6. The van der Waals surface area contributed by atoms with Gasteiger partial charge in [0.15, 0.2) is 5.78 Å². The number of nitrogens with zero attached hydrogens (tertiary/aromatic N) is 3. The molecule has 0 unspecified atom stereocenters. The number of H-pyrrole nitrogens is 1. The number of aromatic nitrogens is 2. The molecule has 2 N–H and O–H groups in total. The molecule has 22 heavy (non-hydrogen) atoms. The van der Waals surface area contributed by atoms with Gasteiger partial charge in [-0.15, -0.1) is 0 Å². The second-order valence-corrected chi connectivity index (χ2v) is 5.14. The van der Waals surface area contributed by atoms with Crippen LogP contribution in [0.5, 0.6) is 5.88 Å². The Morgan fingerprint density at radius 2 is 2.09 bits per heavy atom. The van der Waals surface area contributed by atoms with Crippen molar-refractivity contribution < 1.29 is 14.7 Å². The molecule has 9 heteroatoms. The second-order valence-electron chi connectivity index (χ2n) is 4.23. The Morgan fingerprint density at radius 1 is 1.41 bits per heavy atom. The number of amides is 1. The summed E-state index contributed by atoms with van der Waals surface area (Å²) in [5.41, 5.74) is -0.223. The number of ketones is 1. The van der Waals surface area contributed by atoms with Gasteiger partial charge in [0.2, 0.25) is 12.3 Å². The maximum atomic E-state index is 12.0. The normalized spacial score (nSPS) is 10.8. The zero-order valence-corrected chi connectivity index (χ0v) is 12.7. The van der Waals surface area contributed by atoms with Crippen LogP contribution in [0, 0.1) is 0 Å². The number of aromatic hydroxyl groups is 1. The SMILES string of the molecule is O=CN(C=Nn1cc(O)[nH]c1=O)CC(=O)c1ccc(Br)cc1. The molecule has 1 aromatic heterocycles. The first-order valence-electron chi connectivity index (χ1n) is 6.04. The summed E-state index contributed by atoms with van der Waals surface area (Å²) in [6.07, 6.45) is 2.48. The molecule has 0 saturated carbocycles. The Hall–Kier alpha value is -2.68. The summed E-state index contributed by atoms with van der Waals surface area (Å²) < 4.78 is 1.64. The molecule has 0 atom stereocenters. The van der Waals surface area contributed by atoms with Crippen LogP contribution >= 0.6 is 15.9 Å². The Kier molecular flexibility index (Phi) is 4.89. The van der Waals surface area contributed by atoms with Gasteiger partial charge in [0, 0.05) is 10.0 Å². The van der Waals surface area contributed by atoms with E-state index in [-0.39, 0.29) is 18.2 Å². The lowest BCUT2D eigenvalue weighted by molar-refractivity contribution is -0.114. The average molecular weight is 367 g/mol. The number of carbonyl (C=O) groups is 2. The lowest BCUT2D eigenvalue weighted by atomic mass is 10.1. The molecule has 0 saturated heterocycles. The first-order valence-corrected chi connectivity index (χ1v) is 6.84. The van der Waals surface area contributed by atoms with Gasteiger partial charge < -0.3 is 5.11 Å². The monoisotopic (exact) mass is 366 g/mol. The summed E-state index contributed by atoms with van der Waals surface area (Å²) in [6, 6.07) is 6.69. The van der Waals surface area contributed by atoms with Crippen LogP contribution in [0.2, 0.25) is 0 Å². The quantitative estimate of drug-likeness (QED) is 0.340. The number of aromatic amines is 1. The summed E-state index contributed by atoms with van der Waals surface area (Å²) in [5, 5.41) is 12.8. The largest absolute Gasteiger partial charge is 0.493 e. The fourth-order valence-corrected chi connectivity index (χ4v) is 1.84. The molecular weight excluding hydrogens is 356 g/mol. The van der Waals surface area contributed by atoms with Crippen molar-refractivity contribution in [3.05, 3.63) is 51.0 Å². The van der Waals surface area contributed by atoms with Crippen molar-refractivity contribution in [2.75, 3.05) is 6.54 Å². The van der Waals surface area contributed by atoms with Crippen LogP contribution in [-0.4, -0.2) is 44.7 Å². The molecule has 0 radical (unpaired) electrons. The molecule has 0 aliphatic heterocycles. The van der Waals surface area contributed by atoms with E-state index in [9.17, 15) is 14.4 Å². The zero-order chi connectivity index (χ0) is 16.1. The van der Waals surface area contributed by atoms with E-state index in [2.05, 4.69) is 26.0 Å². The summed E-state index contributed by atoms with van der Waals surface area (Å²) in [4.78, 5) is 37.3. The topological polar surface area (TPSA) is 108 Å². The number of hydrogen-bond acceptors (Lipinski definition) is 5. The van der Waals surface area contributed by atoms with Gasteiger partial charge in [-0.2, -0.15) is 9.78 Å². The molecule has 2 aromatic rings. The number of Topliss-reactive ketones (excluding diaryl/α,β-unsaturated/α-hetero) is 1. The third kappa shape index (κ3) is 3.92. The summed E-state index contributed by atoms with van der Waals surface area (Å²) in [7, 11) is 0. The lowest BCUT2D eigenvalue weighted by Crippen LogP contribution is -2.28. The molecule has 114 valence electrons. The molecule has 0 fully saturated rings. The first kappa shape index (κ1) is 15.7. The molecule has 0 aliphatic carbocycles. The minimum Gasteiger partial charge on any atom is -0.493 e. The third-order valence-electron chi connectivity index (χ3n) is 2.64. The highest BCUT2D eigenvalue weighted by Gasteiger charge is 2.10. The van der Waals surface area contributed by atoms with Gasteiger partial charge in [0.25, 0.3) is 0 Å². The van der Waals surface area contributed by atoms with E-state index in [4.69, 9.17) is 5.11 Å². The van der Waals surface area contributed by atoms with Crippen molar-refractivity contribution in [1.29, 1.82) is 0 Å². The highest BCUT2D eigenvalue weighted by molar-refractivity contribution is 9.10. The van der Waals surface area contributed by atoms with E-state index in [0.717, 1.165) is 26.6 Å². The molecule has 2 rings (SSSR count). The Bertz CT molecular complexity index is 763. The van der Waals surface area contributed by atoms with Crippen molar-refractivity contribution >= 4 is 34.5 Å². The first-order chi connectivity index (χ1) is 10.5. The Morgan fingerprint density at radius 3 is 2.64 bits per heavy atom. The van der Waals surface area contributed by atoms with E-state index in [0.29, 0.717) is 12.0 Å². The van der Waals surface area contributed by atoms with E-state index in [1.807, 2.05) is 0 Å². The predicted molar refractivity (Wildman–Crippen MR) is 81.8 cm³/mol. The molecule has 1 heterocycles. The van der Waals surface area contributed by atoms with E-state index < -0.39 is 5.69 Å². The highest BCUT2D eigenvalue weighted by Crippen LogP contribution is 2.11. The highest BCUT2D eigenvalue weighted by atomic mass is 79.9. The van der Waals surface area contributed by atoms with Gasteiger partial charge in [0.1, 0.15) is 6.34 Å². The third-order valence-corrected chi connectivity index (χ3v) is 3.17.